The maximum absolute atomic E-state index is 12.8. The number of carbonyl (C=O) groups is 1. The molecule has 23 heavy (non-hydrogen) atoms. The Labute approximate surface area is 140 Å². The van der Waals surface area contributed by atoms with Crippen molar-refractivity contribution >= 4 is 17.7 Å². The first kappa shape index (κ1) is 16.5. The lowest BCUT2D eigenvalue weighted by molar-refractivity contribution is -0.121. The van der Waals surface area contributed by atoms with Crippen LogP contribution in [0.3, 0.4) is 0 Å². The molecule has 2 heterocycles. The fourth-order valence-corrected chi connectivity index (χ4v) is 4.35. The summed E-state index contributed by atoms with van der Waals surface area (Å²) < 4.78 is 6.72. The average molecular weight is 337 g/mol. The molecule has 0 saturated carbocycles. The second kappa shape index (κ2) is 7.49. The van der Waals surface area contributed by atoms with Crippen molar-refractivity contribution in [3.63, 3.8) is 0 Å². The third-order valence-corrected chi connectivity index (χ3v) is 5.49. The molecule has 0 spiro atoms. The number of nitrogens with zero attached hydrogens (tertiary/aromatic N) is 2. The number of hydrogen-bond acceptors (Lipinski definition) is 5. The predicted molar refractivity (Wildman–Crippen MR) is 89.0 cm³/mol. The van der Waals surface area contributed by atoms with Crippen molar-refractivity contribution in [2.24, 2.45) is 0 Å². The van der Waals surface area contributed by atoms with E-state index in [0.717, 1.165) is 54.3 Å². The number of amides is 1. The molecule has 1 N–H and O–H groups in total. The molecule has 1 aromatic rings. The van der Waals surface area contributed by atoms with Gasteiger partial charge < -0.3 is 10.1 Å². The number of carbonyl (C=O) groups excluding carboxylic acids is 1. The summed E-state index contributed by atoms with van der Waals surface area (Å²) in [6.07, 6.45) is 5.04. The van der Waals surface area contributed by atoms with E-state index >= 15 is 0 Å². The van der Waals surface area contributed by atoms with Crippen LogP contribution in [0, 0.1) is 0 Å². The number of aromatic nitrogens is 2. The summed E-state index contributed by atoms with van der Waals surface area (Å²) in [5.74, 6) is 0.737. The van der Waals surface area contributed by atoms with Crippen LogP contribution < -0.4 is 10.9 Å². The Kier molecular flexibility index (Phi) is 5.38. The summed E-state index contributed by atoms with van der Waals surface area (Å²) in [6, 6.07) is -0.0790. The standard InChI is InChI=1S/C16H23N3O3S/c1-22-8-4-7-17-14(20)9-11-10-23-16-18-13-6-3-2-5-12(13)15(21)19(11)16/h11H,2-10H2,1H3,(H,17,20). The number of methoxy groups -OCH3 is 1. The molecule has 1 aliphatic heterocycles. The van der Waals surface area contributed by atoms with Gasteiger partial charge in [-0.15, -0.1) is 0 Å². The Morgan fingerprint density at radius 3 is 3.09 bits per heavy atom. The zero-order valence-corrected chi connectivity index (χ0v) is 14.3. The molecule has 1 atom stereocenters. The smallest absolute Gasteiger partial charge is 0.257 e. The van der Waals surface area contributed by atoms with Gasteiger partial charge in [0, 0.05) is 38.0 Å². The van der Waals surface area contributed by atoms with Crippen LogP contribution in [0.1, 0.15) is 43.0 Å². The fourth-order valence-electron chi connectivity index (χ4n) is 3.19. The second-order valence-corrected chi connectivity index (χ2v) is 7.05. The highest BCUT2D eigenvalue weighted by molar-refractivity contribution is 7.99. The third-order valence-electron chi connectivity index (χ3n) is 4.39. The lowest BCUT2D eigenvalue weighted by Crippen LogP contribution is -2.34. The number of nitrogens with one attached hydrogen (secondary N) is 1. The normalized spacial score (nSPS) is 19.3. The summed E-state index contributed by atoms with van der Waals surface area (Å²) in [7, 11) is 1.65. The summed E-state index contributed by atoms with van der Waals surface area (Å²) in [6.45, 7) is 1.24. The molecule has 1 amide bonds. The molecule has 2 aliphatic rings. The van der Waals surface area contributed by atoms with Crippen LogP contribution in [0.5, 0.6) is 0 Å². The molecule has 1 unspecified atom stereocenters. The largest absolute Gasteiger partial charge is 0.385 e. The van der Waals surface area contributed by atoms with Gasteiger partial charge in [0.15, 0.2) is 5.16 Å². The number of aryl methyl sites for hydroxylation is 1. The molecular formula is C16H23N3O3S. The minimum Gasteiger partial charge on any atom is -0.385 e. The first-order valence-electron chi connectivity index (χ1n) is 8.23. The van der Waals surface area contributed by atoms with Crippen molar-refractivity contribution in [3.05, 3.63) is 21.6 Å². The fraction of sp³-hybridized carbons (Fsp3) is 0.688. The van der Waals surface area contributed by atoms with Crippen molar-refractivity contribution < 1.29 is 9.53 Å². The van der Waals surface area contributed by atoms with Crippen LogP contribution in [0.25, 0.3) is 0 Å². The highest BCUT2D eigenvalue weighted by atomic mass is 32.2. The van der Waals surface area contributed by atoms with E-state index < -0.39 is 0 Å². The van der Waals surface area contributed by atoms with Gasteiger partial charge in [-0.3, -0.25) is 14.2 Å². The van der Waals surface area contributed by atoms with E-state index in [-0.39, 0.29) is 17.5 Å². The van der Waals surface area contributed by atoms with Gasteiger partial charge in [0.1, 0.15) is 0 Å². The SMILES string of the molecule is COCCCNC(=O)CC1CSc2nc3c(c(=O)n21)CCCC3. The van der Waals surface area contributed by atoms with Crippen molar-refractivity contribution in [1.82, 2.24) is 14.9 Å². The van der Waals surface area contributed by atoms with Crippen LogP contribution in [0.15, 0.2) is 9.95 Å². The van der Waals surface area contributed by atoms with Crippen molar-refractivity contribution in [2.75, 3.05) is 26.0 Å². The maximum atomic E-state index is 12.8. The zero-order valence-electron chi connectivity index (χ0n) is 13.5. The van der Waals surface area contributed by atoms with Crippen molar-refractivity contribution in [3.8, 4) is 0 Å². The number of hydrogen-bond donors (Lipinski definition) is 1. The minimum absolute atomic E-state index is 0.0100. The Morgan fingerprint density at radius 2 is 2.26 bits per heavy atom. The first-order valence-corrected chi connectivity index (χ1v) is 9.22. The summed E-state index contributed by atoms with van der Waals surface area (Å²) in [4.78, 5) is 29.5. The zero-order chi connectivity index (χ0) is 16.2. The minimum atomic E-state index is -0.0790. The van der Waals surface area contributed by atoms with E-state index in [9.17, 15) is 9.59 Å². The van der Waals surface area contributed by atoms with Crippen LogP contribution in [0.4, 0.5) is 0 Å². The molecule has 3 rings (SSSR count). The number of thioether (sulfide) groups is 1. The lowest BCUT2D eigenvalue weighted by atomic mass is 9.97. The van der Waals surface area contributed by atoms with Gasteiger partial charge in [0.05, 0.1) is 11.7 Å². The van der Waals surface area contributed by atoms with Gasteiger partial charge in [-0.25, -0.2) is 4.98 Å². The highest BCUT2D eigenvalue weighted by Crippen LogP contribution is 2.33. The van der Waals surface area contributed by atoms with Gasteiger partial charge in [-0.1, -0.05) is 11.8 Å². The van der Waals surface area contributed by atoms with E-state index in [4.69, 9.17) is 4.74 Å². The van der Waals surface area contributed by atoms with Gasteiger partial charge in [-0.2, -0.15) is 0 Å². The molecule has 0 aromatic carbocycles. The molecule has 1 aliphatic carbocycles. The van der Waals surface area contributed by atoms with Gasteiger partial charge >= 0.3 is 0 Å². The van der Waals surface area contributed by atoms with E-state index in [1.807, 2.05) is 0 Å². The number of fused-ring (bicyclic) bond motifs is 2. The molecule has 0 saturated heterocycles. The Hall–Kier alpha value is -1.34. The predicted octanol–water partition coefficient (Wildman–Crippen LogP) is 1.31. The van der Waals surface area contributed by atoms with Crippen LogP contribution in [0.2, 0.25) is 0 Å². The molecule has 0 fully saturated rings. The van der Waals surface area contributed by atoms with Crippen LogP contribution >= 0.6 is 11.8 Å². The number of rotatable bonds is 6. The molecular weight excluding hydrogens is 314 g/mol. The van der Waals surface area contributed by atoms with Crippen molar-refractivity contribution in [2.45, 2.75) is 49.7 Å². The topological polar surface area (TPSA) is 73.2 Å². The van der Waals surface area contributed by atoms with Gasteiger partial charge in [0.25, 0.3) is 5.56 Å². The number of ether oxygens (including phenoxy) is 1. The summed E-state index contributed by atoms with van der Waals surface area (Å²) in [5.41, 5.74) is 1.92. The Morgan fingerprint density at radius 1 is 1.43 bits per heavy atom. The van der Waals surface area contributed by atoms with Crippen LogP contribution in [-0.4, -0.2) is 41.5 Å². The summed E-state index contributed by atoms with van der Waals surface area (Å²) >= 11 is 1.59. The maximum Gasteiger partial charge on any atom is 0.257 e. The van der Waals surface area contributed by atoms with Gasteiger partial charge in [-0.05, 0) is 32.1 Å². The van der Waals surface area contributed by atoms with E-state index in [1.54, 1.807) is 23.4 Å². The Balaban J connectivity index is 1.69. The molecule has 1 aromatic heterocycles. The first-order chi connectivity index (χ1) is 11.2. The molecule has 126 valence electrons. The van der Waals surface area contributed by atoms with Crippen LogP contribution in [-0.2, 0) is 22.4 Å². The van der Waals surface area contributed by atoms with Gasteiger partial charge in [0.2, 0.25) is 5.91 Å². The monoisotopic (exact) mass is 337 g/mol. The quantitative estimate of drug-likeness (QED) is 0.626. The lowest BCUT2D eigenvalue weighted by Gasteiger charge is -2.18. The third kappa shape index (κ3) is 3.61. The average Bonchev–Trinajstić information content (AvgIpc) is 2.95. The van der Waals surface area contributed by atoms with E-state index in [1.165, 1.54) is 0 Å². The second-order valence-electron chi connectivity index (χ2n) is 6.07. The molecule has 0 bridgehead atoms. The Bertz CT molecular complexity index is 644. The van der Waals surface area contributed by atoms with E-state index in [0.29, 0.717) is 19.6 Å². The van der Waals surface area contributed by atoms with E-state index in [2.05, 4.69) is 10.3 Å². The molecule has 7 heteroatoms. The highest BCUT2D eigenvalue weighted by Gasteiger charge is 2.30. The molecule has 6 nitrogen and oxygen atoms in total. The van der Waals surface area contributed by atoms with Crippen molar-refractivity contribution in [1.29, 1.82) is 0 Å². The summed E-state index contributed by atoms with van der Waals surface area (Å²) in [5, 5.41) is 3.68. The molecule has 0 radical (unpaired) electrons.